The third kappa shape index (κ3) is 7.90. The number of ketones is 1. The monoisotopic (exact) mass is 418 g/mol. The molecule has 29 heavy (non-hydrogen) atoms. The number of carbonyl (C=O) groups excluding carboxylic acids is 2. The molecule has 0 amide bonds. The van der Waals surface area contributed by atoms with Crippen molar-refractivity contribution in [1.29, 1.82) is 0 Å². The Morgan fingerprint density at radius 1 is 1.41 bits per heavy atom. The van der Waals surface area contributed by atoms with Gasteiger partial charge in [-0.05, 0) is 55.5 Å². The lowest BCUT2D eigenvalue weighted by Gasteiger charge is -2.12. The summed E-state index contributed by atoms with van der Waals surface area (Å²) in [6.07, 6.45) is 9.30. The highest BCUT2D eigenvalue weighted by Crippen LogP contribution is 2.32. The Hall–Kier alpha value is -2.33. The summed E-state index contributed by atoms with van der Waals surface area (Å²) in [6.45, 7) is 0.549. The summed E-state index contributed by atoms with van der Waals surface area (Å²) in [6, 6.07) is 7.29. The number of hydrogen-bond donors (Lipinski definition) is 1. The first kappa shape index (κ1) is 23.0. The first-order valence-corrected chi connectivity index (χ1v) is 10.1. The van der Waals surface area contributed by atoms with Crippen LogP contribution in [0.2, 0.25) is 5.02 Å². The Morgan fingerprint density at radius 3 is 3.00 bits per heavy atom. The van der Waals surface area contributed by atoms with Gasteiger partial charge in [-0.15, -0.1) is 5.73 Å². The van der Waals surface area contributed by atoms with Crippen molar-refractivity contribution in [1.82, 2.24) is 0 Å². The van der Waals surface area contributed by atoms with Gasteiger partial charge in [0.2, 0.25) is 0 Å². The van der Waals surface area contributed by atoms with Gasteiger partial charge in [0.1, 0.15) is 11.5 Å². The van der Waals surface area contributed by atoms with Crippen LogP contribution in [-0.4, -0.2) is 36.7 Å². The molecule has 1 unspecified atom stereocenters. The maximum absolute atomic E-state index is 12.2. The summed E-state index contributed by atoms with van der Waals surface area (Å²) in [5.41, 5.74) is 2.94. The van der Waals surface area contributed by atoms with Crippen LogP contribution in [0.4, 0.5) is 0 Å². The molecule has 0 spiro atoms. The zero-order valence-electron chi connectivity index (χ0n) is 16.6. The zero-order chi connectivity index (χ0) is 21.1. The number of Topliss-reactive ketones (excluding diaryl/α,β-unsaturated/α-hetero) is 1. The molecular formula is C23H27ClO5. The molecule has 1 aliphatic carbocycles. The molecule has 5 nitrogen and oxygen atoms in total. The molecule has 156 valence electrons. The van der Waals surface area contributed by atoms with Crippen LogP contribution in [-0.2, 0) is 14.3 Å². The van der Waals surface area contributed by atoms with E-state index in [-0.39, 0.29) is 24.0 Å². The van der Waals surface area contributed by atoms with E-state index >= 15 is 0 Å². The molecule has 0 aliphatic heterocycles. The Labute approximate surface area is 176 Å². The number of benzene rings is 1. The quantitative estimate of drug-likeness (QED) is 0.265. The highest BCUT2D eigenvalue weighted by molar-refractivity contribution is 6.30. The summed E-state index contributed by atoms with van der Waals surface area (Å²) in [5.74, 6) is 0.508. The van der Waals surface area contributed by atoms with Crippen LogP contribution in [0.25, 0.3) is 0 Å². The largest absolute Gasteiger partial charge is 0.493 e. The van der Waals surface area contributed by atoms with Crippen molar-refractivity contribution in [2.24, 2.45) is 11.8 Å². The lowest BCUT2D eigenvalue weighted by atomic mass is 9.91. The van der Waals surface area contributed by atoms with Gasteiger partial charge in [-0.3, -0.25) is 4.79 Å². The number of hydrogen-bond acceptors (Lipinski definition) is 5. The van der Waals surface area contributed by atoms with Gasteiger partial charge in [-0.25, -0.2) is 4.79 Å². The van der Waals surface area contributed by atoms with Crippen LogP contribution in [0.5, 0.6) is 5.75 Å². The van der Waals surface area contributed by atoms with Crippen LogP contribution in [0, 0.1) is 11.8 Å². The summed E-state index contributed by atoms with van der Waals surface area (Å²) in [5, 5.41) is 10.1. The summed E-state index contributed by atoms with van der Waals surface area (Å²) in [4.78, 5) is 23.3. The Morgan fingerprint density at radius 2 is 2.24 bits per heavy atom. The number of halogens is 1. The second-order valence-electron chi connectivity index (χ2n) is 6.88. The second kappa shape index (κ2) is 12.3. The van der Waals surface area contributed by atoms with Crippen LogP contribution in [0.15, 0.2) is 54.3 Å². The van der Waals surface area contributed by atoms with Gasteiger partial charge >= 0.3 is 5.97 Å². The van der Waals surface area contributed by atoms with Crippen LogP contribution in [0.3, 0.4) is 0 Å². The van der Waals surface area contributed by atoms with E-state index in [0.717, 1.165) is 18.6 Å². The first-order chi connectivity index (χ1) is 14.0. The smallest absolute Gasteiger partial charge is 0.335 e. The van der Waals surface area contributed by atoms with Gasteiger partial charge < -0.3 is 14.6 Å². The molecule has 1 fully saturated rings. The minimum Gasteiger partial charge on any atom is -0.493 e. The number of ether oxygens (including phenoxy) is 2. The molecule has 0 bridgehead atoms. The number of rotatable bonds is 10. The van der Waals surface area contributed by atoms with Gasteiger partial charge in [0, 0.05) is 23.8 Å². The number of methoxy groups -OCH3 is 1. The lowest BCUT2D eigenvalue weighted by Crippen LogP contribution is -2.20. The van der Waals surface area contributed by atoms with E-state index in [9.17, 15) is 14.7 Å². The average Bonchev–Trinajstić information content (AvgIpc) is 3.06. The zero-order valence-corrected chi connectivity index (χ0v) is 17.3. The molecular weight excluding hydrogens is 392 g/mol. The molecule has 0 saturated heterocycles. The molecule has 2 rings (SSSR count). The minimum absolute atomic E-state index is 0.0495. The minimum atomic E-state index is -1.18. The highest BCUT2D eigenvalue weighted by Gasteiger charge is 2.31. The maximum atomic E-state index is 12.2. The van der Waals surface area contributed by atoms with Crippen molar-refractivity contribution in [3.05, 3.63) is 59.3 Å². The number of esters is 1. The number of aliphatic hydroxyl groups excluding tert-OH is 1. The van der Waals surface area contributed by atoms with E-state index in [2.05, 4.69) is 22.6 Å². The van der Waals surface area contributed by atoms with E-state index < -0.39 is 12.1 Å². The average molecular weight is 419 g/mol. The van der Waals surface area contributed by atoms with E-state index in [1.165, 1.54) is 7.11 Å². The molecule has 6 heteroatoms. The third-order valence-corrected chi connectivity index (χ3v) is 5.04. The van der Waals surface area contributed by atoms with Crippen molar-refractivity contribution in [3.63, 3.8) is 0 Å². The first-order valence-electron chi connectivity index (χ1n) is 9.74. The molecule has 0 heterocycles. The molecule has 0 aromatic heterocycles. The third-order valence-electron chi connectivity index (χ3n) is 4.81. The van der Waals surface area contributed by atoms with Gasteiger partial charge in [-0.2, -0.15) is 0 Å². The molecule has 1 aliphatic rings. The van der Waals surface area contributed by atoms with E-state index in [1.54, 1.807) is 24.3 Å². The van der Waals surface area contributed by atoms with Gasteiger partial charge in [-0.1, -0.05) is 29.8 Å². The van der Waals surface area contributed by atoms with Gasteiger partial charge in [0.25, 0.3) is 0 Å². The number of allylic oxidation sites excluding steroid dienone is 1. The topological polar surface area (TPSA) is 72.8 Å². The predicted octanol–water partition coefficient (Wildman–Crippen LogP) is 4.29. The summed E-state index contributed by atoms with van der Waals surface area (Å²) in [7, 11) is 1.23. The highest BCUT2D eigenvalue weighted by atomic mass is 35.5. The Balaban J connectivity index is 1.76. The van der Waals surface area contributed by atoms with Crippen LogP contribution < -0.4 is 4.74 Å². The molecule has 0 radical (unpaired) electrons. The lowest BCUT2D eigenvalue weighted by molar-refractivity contribution is -0.150. The fraction of sp³-hybridized carbons (Fsp3) is 0.435. The van der Waals surface area contributed by atoms with Crippen molar-refractivity contribution in [2.45, 2.75) is 38.2 Å². The van der Waals surface area contributed by atoms with Gasteiger partial charge in [0.05, 0.1) is 13.7 Å². The maximum Gasteiger partial charge on any atom is 0.335 e. The van der Waals surface area contributed by atoms with Crippen LogP contribution >= 0.6 is 11.6 Å². The Bertz CT molecular complexity index is 779. The predicted molar refractivity (Wildman–Crippen MR) is 112 cm³/mol. The van der Waals surface area contributed by atoms with E-state index in [4.69, 9.17) is 16.3 Å². The van der Waals surface area contributed by atoms with E-state index in [0.29, 0.717) is 24.5 Å². The van der Waals surface area contributed by atoms with Crippen LogP contribution in [0.1, 0.15) is 32.1 Å². The summed E-state index contributed by atoms with van der Waals surface area (Å²) < 4.78 is 10.1. The molecule has 3 atom stereocenters. The molecule has 1 N–H and O–H groups in total. The fourth-order valence-electron chi connectivity index (χ4n) is 3.23. The summed E-state index contributed by atoms with van der Waals surface area (Å²) >= 11 is 5.93. The fourth-order valence-corrected chi connectivity index (χ4v) is 3.41. The normalized spacial score (nSPS) is 19.6. The Kier molecular flexibility index (Phi) is 9.72. The molecule has 1 saturated carbocycles. The second-order valence-corrected chi connectivity index (χ2v) is 7.32. The molecule has 1 aromatic rings. The van der Waals surface area contributed by atoms with Crippen molar-refractivity contribution in [3.8, 4) is 5.75 Å². The van der Waals surface area contributed by atoms with Crippen molar-refractivity contribution >= 4 is 23.4 Å². The number of carbonyl (C=O) groups is 2. The van der Waals surface area contributed by atoms with Crippen molar-refractivity contribution in [2.75, 3.05) is 13.7 Å². The molecule has 1 aromatic carbocycles. The van der Waals surface area contributed by atoms with Gasteiger partial charge in [0.15, 0.2) is 6.10 Å². The number of aliphatic hydroxyl groups is 1. The van der Waals surface area contributed by atoms with E-state index in [1.807, 2.05) is 12.1 Å². The van der Waals surface area contributed by atoms with Crippen molar-refractivity contribution < 1.29 is 24.2 Å². The SMILES string of the molecule is COC(=O)C(O)CC=C=CC[C@H]1C(=O)CC[C@@H]1/C=C/CCOc1cccc(Cl)c1. The standard InChI is InChI=1S/C23H27ClO5/c1-28-23(27)22(26)12-4-2-3-11-20-17(13-14-21(20)25)8-5-6-15-29-19-10-7-9-18(24)16-19/h3-5,7-10,16-17,20,22,26H,6,11-15H2,1H3/b8-5+/t2?,17-,20+,22?/m0/s1.